The molecule has 1 amide bonds. The topological polar surface area (TPSA) is 59.0 Å². The monoisotopic (exact) mass is 511 g/mol. The Morgan fingerprint density at radius 2 is 1.66 bits per heavy atom. The van der Waals surface area contributed by atoms with Crippen molar-refractivity contribution in [2.75, 3.05) is 19.8 Å². The lowest BCUT2D eigenvalue weighted by molar-refractivity contribution is -0.155. The van der Waals surface area contributed by atoms with Gasteiger partial charge in [0.05, 0.1) is 25.4 Å². The van der Waals surface area contributed by atoms with Gasteiger partial charge in [0.1, 0.15) is 0 Å². The number of fused-ring (bicyclic) bond motifs is 1. The van der Waals surface area contributed by atoms with Gasteiger partial charge in [0.2, 0.25) is 0 Å². The van der Waals surface area contributed by atoms with E-state index in [0.717, 1.165) is 16.7 Å². The summed E-state index contributed by atoms with van der Waals surface area (Å²) in [6, 6.07) is 20.4. The third kappa shape index (κ3) is 4.48. The van der Waals surface area contributed by atoms with Gasteiger partial charge < -0.3 is 14.6 Å². The van der Waals surface area contributed by atoms with Crippen molar-refractivity contribution < 1.29 is 19.4 Å². The number of ether oxygens (including phenoxy) is 2. The van der Waals surface area contributed by atoms with Gasteiger partial charge in [-0.1, -0.05) is 59.6 Å². The summed E-state index contributed by atoms with van der Waals surface area (Å²) < 4.78 is 12.1. The lowest BCUT2D eigenvalue weighted by Gasteiger charge is -2.41. The highest BCUT2D eigenvalue weighted by molar-refractivity contribution is 6.30. The van der Waals surface area contributed by atoms with Crippen LogP contribution in [0.25, 0.3) is 0 Å². The lowest BCUT2D eigenvalue weighted by Crippen LogP contribution is -2.48. The molecule has 0 unspecified atom stereocenters. The predicted molar refractivity (Wildman–Crippen MR) is 136 cm³/mol. The Morgan fingerprint density at radius 3 is 2.23 bits per heavy atom. The van der Waals surface area contributed by atoms with E-state index in [4.69, 9.17) is 32.7 Å². The standard InChI is InChI=1S/C28H27Cl2NO4/c1-27(2,33)21-7-12-25-24(13-21)26(32)31(14-18-3-8-22(29)9-4-18)28(25,35-17-19-15-34-16-19)20-5-10-23(30)11-6-20/h3-13,19,33H,14-17H2,1-2H3/t28-/m1/s1. The third-order valence-corrected chi connectivity index (χ3v) is 7.18. The number of carbonyl (C=O) groups is 1. The number of hydrogen-bond acceptors (Lipinski definition) is 4. The van der Waals surface area contributed by atoms with E-state index in [9.17, 15) is 9.90 Å². The van der Waals surface area contributed by atoms with E-state index in [1.165, 1.54) is 0 Å². The van der Waals surface area contributed by atoms with E-state index in [2.05, 4.69) is 0 Å². The van der Waals surface area contributed by atoms with E-state index in [0.29, 0.717) is 47.5 Å². The van der Waals surface area contributed by atoms with Crippen molar-refractivity contribution in [2.45, 2.75) is 31.7 Å². The van der Waals surface area contributed by atoms with Gasteiger partial charge in [0.25, 0.3) is 5.91 Å². The second-order valence-electron chi connectivity index (χ2n) is 9.70. The summed E-state index contributed by atoms with van der Waals surface area (Å²) in [6.45, 7) is 5.42. The van der Waals surface area contributed by atoms with Crippen LogP contribution in [0, 0.1) is 5.92 Å². The molecule has 35 heavy (non-hydrogen) atoms. The van der Waals surface area contributed by atoms with Crippen molar-refractivity contribution in [1.82, 2.24) is 4.90 Å². The molecular weight excluding hydrogens is 485 g/mol. The second kappa shape index (κ2) is 9.23. The van der Waals surface area contributed by atoms with Crippen molar-refractivity contribution in [3.05, 3.63) is 105 Å². The van der Waals surface area contributed by atoms with Crippen LogP contribution < -0.4 is 0 Å². The van der Waals surface area contributed by atoms with Crippen LogP contribution in [0.4, 0.5) is 0 Å². The van der Waals surface area contributed by atoms with Crippen LogP contribution in [0.3, 0.4) is 0 Å². The zero-order chi connectivity index (χ0) is 24.8. The molecule has 1 atom stereocenters. The normalized spacial score (nSPS) is 20.1. The highest BCUT2D eigenvalue weighted by Crippen LogP contribution is 2.47. The molecule has 0 aliphatic carbocycles. The molecule has 0 bridgehead atoms. The van der Waals surface area contributed by atoms with Gasteiger partial charge in [-0.25, -0.2) is 0 Å². The Labute approximate surface area is 215 Å². The number of halogens is 2. The SMILES string of the molecule is CC(C)(O)c1ccc2c(c1)C(=O)N(Cc1ccc(Cl)cc1)[C@@]2(OCC1COC1)c1ccc(Cl)cc1. The molecule has 0 radical (unpaired) electrons. The summed E-state index contributed by atoms with van der Waals surface area (Å²) in [5, 5.41) is 11.9. The molecule has 3 aromatic rings. The van der Waals surface area contributed by atoms with Crippen LogP contribution in [0.15, 0.2) is 66.7 Å². The molecule has 7 heteroatoms. The first kappa shape index (κ1) is 24.3. The first-order valence-corrected chi connectivity index (χ1v) is 12.4. The molecule has 0 spiro atoms. The van der Waals surface area contributed by atoms with Crippen LogP contribution in [-0.2, 0) is 27.3 Å². The van der Waals surface area contributed by atoms with E-state index in [-0.39, 0.29) is 11.8 Å². The van der Waals surface area contributed by atoms with Gasteiger partial charge in [-0.15, -0.1) is 0 Å². The average molecular weight is 512 g/mol. The Balaban J connectivity index is 1.68. The van der Waals surface area contributed by atoms with Crippen molar-refractivity contribution in [2.24, 2.45) is 5.92 Å². The van der Waals surface area contributed by atoms with Crippen LogP contribution in [0.1, 0.15) is 46.5 Å². The van der Waals surface area contributed by atoms with Crippen LogP contribution in [-0.4, -0.2) is 35.7 Å². The number of aliphatic hydroxyl groups is 1. The number of amides is 1. The number of rotatable bonds is 7. The van der Waals surface area contributed by atoms with E-state index in [1.54, 1.807) is 24.8 Å². The fourth-order valence-corrected chi connectivity index (χ4v) is 4.88. The first-order chi connectivity index (χ1) is 16.7. The molecule has 0 aromatic heterocycles. The summed E-state index contributed by atoms with van der Waals surface area (Å²) in [6.07, 6.45) is 0. The molecule has 2 aliphatic rings. The molecule has 5 rings (SSSR count). The number of carbonyl (C=O) groups excluding carboxylic acids is 1. The van der Waals surface area contributed by atoms with Gasteiger partial charge in [-0.2, -0.15) is 0 Å². The van der Waals surface area contributed by atoms with Gasteiger partial charge >= 0.3 is 0 Å². The molecule has 1 saturated heterocycles. The number of nitrogens with zero attached hydrogens (tertiary/aromatic N) is 1. The number of hydrogen-bond donors (Lipinski definition) is 1. The summed E-state index contributed by atoms with van der Waals surface area (Å²) in [4.78, 5) is 15.8. The molecule has 182 valence electrons. The fourth-order valence-electron chi connectivity index (χ4n) is 4.63. The molecule has 2 aliphatic heterocycles. The van der Waals surface area contributed by atoms with Gasteiger partial charge in [0, 0.05) is 39.2 Å². The van der Waals surface area contributed by atoms with Crippen molar-refractivity contribution >= 4 is 29.1 Å². The molecule has 5 nitrogen and oxygen atoms in total. The van der Waals surface area contributed by atoms with Crippen molar-refractivity contribution in [3.8, 4) is 0 Å². The van der Waals surface area contributed by atoms with Crippen LogP contribution >= 0.6 is 23.2 Å². The minimum absolute atomic E-state index is 0.166. The summed E-state index contributed by atoms with van der Waals surface area (Å²) in [5.41, 5.74) is 1.39. The van der Waals surface area contributed by atoms with Crippen molar-refractivity contribution in [1.29, 1.82) is 0 Å². The zero-order valence-electron chi connectivity index (χ0n) is 19.6. The van der Waals surface area contributed by atoms with Gasteiger partial charge in [-0.3, -0.25) is 9.69 Å². The van der Waals surface area contributed by atoms with Crippen molar-refractivity contribution in [3.63, 3.8) is 0 Å². The lowest BCUT2D eigenvalue weighted by atomic mass is 9.89. The zero-order valence-corrected chi connectivity index (χ0v) is 21.1. The molecule has 0 saturated carbocycles. The first-order valence-electron chi connectivity index (χ1n) is 11.6. The summed E-state index contributed by atoms with van der Waals surface area (Å²) >= 11 is 12.3. The van der Waals surface area contributed by atoms with E-state index >= 15 is 0 Å². The molecule has 2 heterocycles. The van der Waals surface area contributed by atoms with E-state index < -0.39 is 11.3 Å². The Hall–Kier alpha value is -2.41. The Bertz CT molecular complexity index is 1230. The fraction of sp³-hybridized carbons (Fsp3) is 0.321. The molecule has 1 N–H and O–H groups in total. The van der Waals surface area contributed by atoms with Crippen LogP contribution in [0.5, 0.6) is 0 Å². The predicted octanol–water partition coefficient (Wildman–Crippen LogP) is 5.74. The van der Waals surface area contributed by atoms with E-state index in [1.807, 2.05) is 60.7 Å². The summed E-state index contributed by atoms with van der Waals surface area (Å²) in [7, 11) is 0. The Kier molecular flexibility index (Phi) is 6.41. The minimum Gasteiger partial charge on any atom is -0.386 e. The van der Waals surface area contributed by atoms with Crippen LogP contribution in [0.2, 0.25) is 10.0 Å². The maximum atomic E-state index is 14.0. The molecule has 3 aromatic carbocycles. The smallest absolute Gasteiger partial charge is 0.257 e. The number of benzene rings is 3. The quantitative estimate of drug-likeness (QED) is 0.439. The molecular formula is C28H27Cl2NO4. The maximum Gasteiger partial charge on any atom is 0.257 e. The third-order valence-electron chi connectivity index (χ3n) is 6.67. The largest absolute Gasteiger partial charge is 0.386 e. The van der Waals surface area contributed by atoms with Gasteiger partial charge in [-0.05, 0) is 55.3 Å². The maximum absolute atomic E-state index is 14.0. The van der Waals surface area contributed by atoms with Gasteiger partial charge in [0.15, 0.2) is 5.72 Å². The second-order valence-corrected chi connectivity index (χ2v) is 10.6. The molecule has 1 fully saturated rings. The Morgan fingerprint density at radius 1 is 1.03 bits per heavy atom. The minimum atomic E-state index is -1.16. The summed E-state index contributed by atoms with van der Waals surface area (Å²) in [5.74, 6) is 0.0900. The highest BCUT2D eigenvalue weighted by Gasteiger charge is 2.53. The highest BCUT2D eigenvalue weighted by atomic mass is 35.5. The average Bonchev–Trinajstić information content (AvgIpc) is 3.02.